The Morgan fingerprint density at radius 1 is 1.40 bits per heavy atom. The largest absolute Gasteiger partial charge is 0.481 e. The van der Waals surface area contributed by atoms with Crippen LogP contribution in [0.3, 0.4) is 0 Å². The van der Waals surface area contributed by atoms with Gasteiger partial charge < -0.3 is 20.1 Å². The van der Waals surface area contributed by atoms with Gasteiger partial charge in [-0.25, -0.2) is 4.79 Å². The highest BCUT2D eigenvalue weighted by Crippen LogP contribution is 2.30. The Morgan fingerprint density at radius 2 is 2.00 bits per heavy atom. The molecule has 1 aliphatic rings. The van der Waals surface area contributed by atoms with Gasteiger partial charge in [0.05, 0.1) is 18.6 Å². The predicted octanol–water partition coefficient (Wildman–Crippen LogP) is 1.48. The molecule has 6 nitrogen and oxygen atoms in total. The molecule has 0 bridgehead atoms. The van der Waals surface area contributed by atoms with Gasteiger partial charge in [0.15, 0.2) is 0 Å². The van der Waals surface area contributed by atoms with Crippen LogP contribution in [0, 0.1) is 5.41 Å². The molecule has 0 unspecified atom stereocenters. The molecule has 1 heterocycles. The summed E-state index contributed by atoms with van der Waals surface area (Å²) in [7, 11) is 0. The topological polar surface area (TPSA) is 78.9 Å². The second kappa shape index (κ2) is 7.28. The average molecular weight is 284 g/mol. The van der Waals surface area contributed by atoms with Crippen LogP contribution in [0.4, 0.5) is 4.79 Å². The molecule has 1 saturated heterocycles. The normalized spacial score (nSPS) is 17.6. The molecular weight excluding hydrogens is 260 g/mol. The number of piperidine rings is 1. The SMILES string of the molecule is C=C(C)COCCNC(=O)N1CCC(C)(C(=O)O)CC1. The summed E-state index contributed by atoms with van der Waals surface area (Å²) in [6.45, 7) is 9.66. The van der Waals surface area contributed by atoms with Crippen molar-refractivity contribution in [1.82, 2.24) is 10.2 Å². The van der Waals surface area contributed by atoms with Crippen LogP contribution in [-0.4, -0.2) is 54.9 Å². The van der Waals surface area contributed by atoms with E-state index in [4.69, 9.17) is 9.84 Å². The fourth-order valence-electron chi connectivity index (χ4n) is 2.01. The predicted molar refractivity (Wildman–Crippen MR) is 75.6 cm³/mol. The molecule has 114 valence electrons. The van der Waals surface area contributed by atoms with Gasteiger partial charge >= 0.3 is 12.0 Å². The van der Waals surface area contributed by atoms with Gasteiger partial charge in [0, 0.05) is 19.6 Å². The minimum absolute atomic E-state index is 0.156. The Bertz CT molecular complexity index is 373. The molecule has 0 atom stereocenters. The van der Waals surface area contributed by atoms with Crippen LogP contribution in [0.2, 0.25) is 0 Å². The van der Waals surface area contributed by atoms with Crippen LogP contribution in [-0.2, 0) is 9.53 Å². The molecule has 2 amide bonds. The summed E-state index contributed by atoms with van der Waals surface area (Å²) in [6, 6.07) is -0.156. The Kier molecular flexibility index (Phi) is 6.01. The number of urea groups is 1. The van der Waals surface area contributed by atoms with Gasteiger partial charge in [0.25, 0.3) is 0 Å². The lowest BCUT2D eigenvalue weighted by molar-refractivity contribution is -0.150. The zero-order valence-corrected chi connectivity index (χ0v) is 12.3. The third kappa shape index (κ3) is 4.85. The molecule has 6 heteroatoms. The monoisotopic (exact) mass is 284 g/mol. The van der Waals surface area contributed by atoms with Gasteiger partial charge in [-0.15, -0.1) is 0 Å². The van der Waals surface area contributed by atoms with E-state index in [9.17, 15) is 9.59 Å². The van der Waals surface area contributed by atoms with E-state index in [2.05, 4.69) is 11.9 Å². The molecule has 0 saturated carbocycles. The highest BCUT2D eigenvalue weighted by Gasteiger charge is 2.37. The number of nitrogens with one attached hydrogen (secondary N) is 1. The van der Waals surface area contributed by atoms with E-state index in [-0.39, 0.29) is 6.03 Å². The molecule has 1 aliphatic heterocycles. The Morgan fingerprint density at radius 3 is 2.50 bits per heavy atom. The van der Waals surface area contributed by atoms with Crippen molar-refractivity contribution < 1.29 is 19.4 Å². The summed E-state index contributed by atoms with van der Waals surface area (Å²) < 4.78 is 5.29. The molecule has 0 radical (unpaired) electrons. The second-order valence-corrected chi connectivity index (χ2v) is 5.59. The maximum Gasteiger partial charge on any atom is 0.317 e. The van der Waals surface area contributed by atoms with Crippen LogP contribution in [0.1, 0.15) is 26.7 Å². The lowest BCUT2D eigenvalue weighted by atomic mass is 9.80. The third-order valence-corrected chi connectivity index (χ3v) is 3.54. The van der Waals surface area contributed by atoms with Gasteiger partial charge in [-0.05, 0) is 26.7 Å². The number of hydrogen-bond donors (Lipinski definition) is 2. The van der Waals surface area contributed by atoms with Crippen molar-refractivity contribution >= 4 is 12.0 Å². The van der Waals surface area contributed by atoms with Crippen molar-refractivity contribution in [3.8, 4) is 0 Å². The Labute approximate surface area is 119 Å². The van der Waals surface area contributed by atoms with Crippen LogP contribution < -0.4 is 5.32 Å². The minimum Gasteiger partial charge on any atom is -0.481 e. The minimum atomic E-state index is -0.786. The fraction of sp³-hybridized carbons (Fsp3) is 0.714. The molecule has 20 heavy (non-hydrogen) atoms. The fourth-order valence-corrected chi connectivity index (χ4v) is 2.01. The lowest BCUT2D eigenvalue weighted by Crippen LogP contribution is -2.49. The van der Waals surface area contributed by atoms with E-state index in [1.54, 1.807) is 11.8 Å². The zero-order chi connectivity index (χ0) is 15.2. The maximum absolute atomic E-state index is 11.9. The number of aliphatic carboxylic acids is 1. The first kappa shape index (κ1) is 16.5. The molecular formula is C14H24N2O4. The third-order valence-electron chi connectivity index (χ3n) is 3.54. The smallest absolute Gasteiger partial charge is 0.317 e. The molecule has 2 N–H and O–H groups in total. The summed E-state index contributed by atoms with van der Waals surface area (Å²) in [4.78, 5) is 24.6. The number of rotatable bonds is 6. The number of hydrogen-bond acceptors (Lipinski definition) is 3. The van der Waals surface area contributed by atoms with E-state index in [1.165, 1.54) is 0 Å². The zero-order valence-electron chi connectivity index (χ0n) is 12.3. The van der Waals surface area contributed by atoms with Crippen LogP contribution in [0.25, 0.3) is 0 Å². The highest BCUT2D eigenvalue weighted by atomic mass is 16.5. The van der Waals surface area contributed by atoms with E-state index in [0.717, 1.165) is 5.57 Å². The Balaban J connectivity index is 2.23. The number of carboxylic acid groups (broad SMARTS) is 1. The quantitative estimate of drug-likeness (QED) is 0.572. The van der Waals surface area contributed by atoms with E-state index in [1.807, 2.05) is 6.92 Å². The number of nitrogens with zero attached hydrogens (tertiary/aromatic N) is 1. The number of carboxylic acids is 1. The van der Waals surface area contributed by atoms with E-state index in [0.29, 0.717) is 45.7 Å². The van der Waals surface area contributed by atoms with Crippen molar-refractivity contribution in [2.24, 2.45) is 5.41 Å². The van der Waals surface area contributed by atoms with Crippen LogP contribution in [0.15, 0.2) is 12.2 Å². The maximum atomic E-state index is 11.9. The number of carbonyl (C=O) groups excluding carboxylic acids is 1. The number of carbonyl (C=O) groups is 2. The molecule has 0 spiro atoms. The van der Waals surface area contributed by atoms with Gasteiger partial charge in [0.1, 0.15) is 0 Å². The summed E-state index contributed by atoms with van der Waals surface area (Å²) >= 11 is 0. The lowest BCUT2D eigenvalue weighted by Gasteiger charge is -2.36. The molecule has 1 fully saturated rings. The van der Waals surface area contributed by atoms with Gasteiger partial charge in [0.2, 0.25) is 0 Å². The number of likely N-dealkylation sites (tertiary alicyclic amines) is 1. The first-order chi connectivity index (χ1) is 9.35. The summed E-state index contributed by atoms with van der Waals surface area (Å²) in [6.07, 6.45) is 0.976. The second-order valence-electron chi connectivity index (χ2n) is 5.59. The van der Waals surface area contributed by atoms with Crippen molar-refractivity contribution in [2.75, 3.05) is 32.8 Å². The molecule has 0 aliphatic carbocycles. The summed E-state index contributed by atoms with van der Waals surface area (Å²) in [5.74, 6) is -0.786. The first-order valence-electron chi connectivity index (χ1n) is 6.83. The van der Waals surface area contributed by atoms with Gasteiger partial charge in [-0.1, -0.05) is 12.2 Å². The van der Waals surface area contributed by atoms with Gasteiger partial charge in [-0.2, -0.15) is 0 Å². The summed E-state index contributed by atoms with van der Waals surface area (Å²) in [5, 5.41) is 11.9. The van der Waals surface area contributed by atoms with Crippen molar-refractivity contribution in [2.45, 2.75) is 26.7 Å². The molecule has 0 aromatic rings. The van der Waals surface area contributed by atoms with E-state index >= 15 is 0 Å². The molecule has 0 aromatic carbocycles. The number of ether oxygens (including phenoxy) is 1. The Hall–Kier alpha value is -1.56. The van der Waals surface area contributed by atoms with Crippen molar-refractivity contribution in [3.63, 3.8) is 0 Å². The summed E-state index contributed by atoms with van der Waals surface area (Å²) in [5.41, 5.74) is 0.238. The first-order valence-corrected chi connectivity index (χ1v) is 6.83. The van der Waals surface area contributed by atoms with Crippen molar-refractivity contribution in [3.05, 3.63) is 12.2 Å². The molecule has 0 aromatic heterocycles. The van der Waals surface area contributed by atoms with Crippen LogP contribution >= 0.6 is 0 Å². The van der Waals surface area contributed by atoms with E-state index < -0.39 is 11.4 Å². The average Bonchev–Trinajstić information content (AvgIpc) is 2.38. The number of amides is 2. The van der Waals surface area contributed by atoms with Crippen molar-refractivity contribution in [1.29, 1.82) is 0 Å². The standard InChI is InChI=1S/C14H24N2O4/c1-11(2)10-20-9-6-15-13(19)16-7-4-14(3,5-8-16)12(17)18/h1,4-10H2,2-3H3,(H,15,19)(H,17,18). The van der Waals surface area contributed by atoms with Crippen LogP contribution in [0.5, 0.6) is 0 Å². The van der Waals surface area contributed by atoms with Gasteiger partial charge in [-0.3, -0.25) is 4.79 Å². The molecule has 1 rings (SSSR count). The highest BCUT2D eigenvalue weighted by molar-refractivity contribution is 5.76.